The average molecular weight is 295 g/mol. The van der Waals surface area contributed by atoms with Gasteiger partial charge in [-0.2, -0.15) is 3.84 Å². The molecule has 74 valence electrons. The molecule has 0 aliphatic heterocycles. The quantitative estimate of drug-likeness (QED) is 0.696. The van der Waals surface area contributed by atoms with E-state index in [1.165, 1.54) is 10.8 Å². The van der Waals surface area contributed by atoms with E-state index in [-0.39, 0.29) is 17.1 Å². The van der Waals surface area contributed by atoms with Crippen LogP contribution in [0.3, 0.4) is 0 Å². The summed E-state index contributed by atoms with van der Waals surface area (Å²) >= 11 is 8.53. The smallest absolute Gasteiger partial charge is 0.0832 e. The number of hydrogen-bond donors (Lipinski definition) is 0. The minimum absolute atomic E-state index is 0. The van der Waals surface area contributed by atoms with Crippen molar-refractivity contribution in [3.05, 3.63) is 42.7 Å². The molecular formula is C9H7Cl2NOSe. The van der Waals surface area contributed by atoms with Gasteiger partial charge in [0.15, 0.2) is 0 Å². The van der Waals surface area contributed by atoms with E-state index in [9.17, 15) is 0 Å². The van der Waals surface area contributed by atoms with Gasteiger partial charge in [0.1, 0.15) is 0 Å². The van der Waals surface area contributed by atoms with Crippen molar-refractivity contribution in [3.63, 3.8) is 0 Å². The molecule has 1 heterocycles. The van der Waals surface area contributed by atoms with Crippen LogP contribution in [0.1, 0.15) is 0 Å². The number of pyridine rings is 1. The third-order valence-electron chi connectivity index (χ3n) is 1.55. The van der Waals surface area contributed by atoms with Gasteiger partial charge in [-0.15, -0.1) is 0 Å². The number of rotatable bonds is 0. The van der Waals surface area contributed by atoms with Crippen LogP contribution in [-0.4, -0.2) is 22.1 Å². The summed E-state index contributed by atoms with van der Waals surface area (Å²) in [5.41, 5.74) is 0. The maximum absolute atomic E-state index is 4.26. The van der Waals surface area contributed by atoms with Gasteiger partial charge in [0.2, 0.25) is 0 Å². The molecule has 0 spiro atoms. The van der Waals surface area contributed by atoms with Crippen LogP contribution in [0, 0.1) is 0 Å². The molecule has 0 atom stereocenters. The van der Waals surface area contributed by atoms with E-state index in [0.29, 0.717) is 0 Å². The Morgan fingerprint density at radius 1 is 1.00 bits per heavy atom. The van der Waals surface area contributed by atoms with Crippen molar-refractivity contribution in [1.82, 2.24) is 4.98 Å². The third-order valence-corrected chi connectivity index (χ3v) is 1.55. The molecule has 0 N–H and O–H groups in total. The second-order valence-corrected chi connectivity index (χ2v) is 2.75. The number of benzene rings is 1. The minimum Gasteiger partial charge on any atom is -0.264 e. The normalized spacial score (nSPS) is 8.43. The van der Waals surface area contributed by atoms with Crippen molar-refractivity contribution in [2.45, 2.75) is 0 Å². The molecule has 1 aromatic carbocycles. The first-order valence-corrected chi connectivity index (χ1v) is 4.18. The molecule has 2 nitrogen and oxygen atoms in total. The van der Waals surface area contributed by atoms with E-state index >= 15 is 0 Å². The first-order chi connectivity index (χ1) is 6.38. The molecule has 0 amide bonds. The maximum atomic E-state index is 4.26. The summed E-state index contributed by atoms with van der Waals surface area (Å²) in [6.45, 7) is 0. The van der Waals surface area contributed by atoms with Crippen LogP contribution in [-0.2, 0) is 3.84 Å². The maximum Gasteiger partial charge on any atom is 0.0832 e. The summed E-state index contributed by atoms with van der Waals surface area (Å²) in [5.74, 6) is 0. The molecule has 14 heavy (non-hydrogen) atoms. The van der Waals surface area contributed by atoms with Crippen molar-refractivity contribution in [2.24, 2.45) is 0 Å². The average Bonchev–Trinajstić information content (AvgIpc) is 2.19. The molecule has 0 saturated heterocycles. The number of nitrogens with zero attached hydrogens (tertiary/aromatic N) is 1. The van der Waals surface area contributed by atoms with Crippen molar-refractivity contribution in [3.8, 4) is 0 Å². The molecule has 0 aliphatic carbocycles. The van der Waals surface area contributed by atoms with Gasteiger partial charge in [-0.1, -0.05) is 24.3 Å². The van der Waals surface area contributed by atoms with Gasteiger partial charge >= 0.3 is 0 Å². The molecule has 5 heteroatoms. The second-order valence-electron chi connectivity index (χ2n) is 2.28. The molecule has 0 bridgehead atoms. The van der Waals surface area contributed by atoms with Crippen molar-refractivity contribution in [2.75, 3.05) is 0 Å². The van der Waals surface area contributed by atoms with Gasteiger partial charge in [-0.25, -0.2) is 0 Å². The van der Waals surface area contributed by atoms with Gasteiger partial charge in [-0.3, -0.25) is 4.98 Å². The van der Waals surface area contributed by atoms with Crippen LogP contribution in [0.4, 0.5) is 0 Å². The predicted molar refractivity (Wildman–Crippen MR) is 60.3 cm³/mol. The number of aromatic nitrogens is 1. The predicted octanol–water partition coefficient (Wildman–Crippen LogP) is 3.16. The zero-order valence-electron chi connectivity index (χ0n) is 7.06. The molecule has 2 radical (unpaired) electrons. The van der Waals surface area contributed by atoms with Crippen LogP contribution in [0.5, 0.6) is 0 Å². The summed E-state index contributed by atoms with van der Waals surface area (Å²) in [6, 6.07) is 10.2. The van der Waals surface area contributed by atoms with Crippen LogP contribution in [0.2, 0.25) is 0 Å². The molecule has 2 aromatic rings. The Labute approximate surface area is 103 Å². The Bertz CT molecular complexity index is 307. The molecule has 0 aliphatic rings. The summed E-state index contributed by atoms with van der Waals surface area (Å²) in [4.78, 5) is 4.01. The van der Waals surface area contributed by atoms with Crippen LogP contribution in [0.25, 0.3) is 10.8 Å². The first-order valence-electron chi connectivity index (χ1n) is 3.56. The molecular weight excluding hydrogens is 288 g/mol. The Morgan fingerprint density at radius 2 is 1.57 bits per heavy atom. The van der Waals surface area contributed by atoms with E-state index in [1.807, 2.05) is 30.6 Å². The topological polar surface area (TPSA) is 22.1 Å². The number of fused-ring (bicyclic) bond motifs is 1. The van der Waals surface area contributed by atoms with E-state index in [2.05, 4.69) is 44.7 Å². The monoisotopic (exact) mass is 295 g/mol. The van der Waals surface area contributed by atoms with Gasteiger partial charge in [0, 0.05) is 29.5 Å². The van der Waals surface area contributed by atoms with Crippen LogP contribution >= 0.6 is 23.7 Å². The van der Waals surface area contributed by atoms with Gasteiger partial charge in [0.25, 0.3) is 0 Å². The molecule has 2 rings (SSSR count). The first kappa shape index (κ1) is 13.7. The summed E-state index contributed by atoms with van der Waals surface area (Å²) in [5, 5.41) is 2.45. The Morgan fingerprint density at radius 3 is 2.14 bits per heavy atom. The largest absolute Gasteiger partial charge is 0.264 e. The van der Waals surface area contributed by atoms with E-state index in [1.54, 1.807) is 0 Å². The van der Waals surface area contributed by atoms with Crippen molar-refractivity contribution >= 4 is 51.6 Å². The Kier molecular flexibility index (Phi) is 7.86. The fourth-order valence-corrected chi connectivity index (χ4v) is 1.03. The van der Waals surface area contributed by atoms with Gasteiger partial charge < -0.3 is 0 Å². The van der Waals surface area contributed by atoms with Crippen molar-refractivity contribution in [1.29, 1.82) is 0 Å². The van der Waals surface area contributed by atoms with Crippen LogP contribution < -0.4 is 0 Å². The SMILES string of the molecule is ClOCl.[Se].c1ccc2cnccc2c1. The standard InChI is InChI=1S/C9H7N.Cl2O.Se/c1-2-4-9-7-10-6-5-8(9)3-1;1-3-2;/h1-7H;;. The van der Waals surface area contributed by atoms with Gasteiger partial charge in [-0.05, 0) is 16.8 Å². The minimum atomic E-state index is 0. The molecule has 0 unspecified atom stereocenters. The summed E-state index contributed by atoms with van der Waals surface area (Å²) in [6.07, 6.45) is 3.68. The third kappa shape index (κ3) is 4.27. The van der Waals surface area contributed by atoms with E-state index in [4.69, 9.17) is 0 Å². The molecule has 0 saturated carbocycles. The zero-order valence-corrected chi connectivity index (χ0v) is 10.3. The van der Waals surface area contributed by atoms with E-state index in [0.717, 1.165) is 0 Å². The number of halogens is 2. The fourth-order valence-electron chi connectivity index (χ4n) is 1.03. The van der Waals surface area contributed by atoms with Crippen LogP contribution in [0.15, 0.2) is 42.7 Å². The van der Waals surface area contributed by atoms with Gasteiger partial charge in [0.05, 0.1) is 23.7 Å². The van der Waals surface area contributed by atoms with Crippen molar-refractivity contribution < 1.29 is 3.84 Å². The summed E-state index contributed by atoms with van der Waals surface area (Å²) < 4.78 is 3.19. The Hall–Kier alpha value is -0.311. The molecule has 1 aromatic heterocycles. The Balaban J connectivity index is 0.000000381. The zero-order chi connectivity index (χ0) is 9.52. The summed E-state index contributed by atoms with van der Waals surface area (Å²) in [7, 11) is 0. The van der Waals surface area contributed by atoms with E-state index < -0.39 is 0 Å². The second kappa shape index (κ2) is 8.04. The molecule has 0 fully saturated rings. The fraction of sp³-hybridized carbons (Fsp3) is 0. The number of hydrogen-bond acceptors (Lipinski definition) is 2.